The van der Waals surface area contributed by atoms with E-state index in [2.05, 4.69) is 40.4 Å². The lowest BCUT2D eigenvalue weighted by Crippen LogP contribution is -2.19. The fraction of sp³-hybridized carbons (Fsp3) is 0.250. The van der Waals surface area contributed by atoms with E-state index in [0.29, 0.717) is 0 Å². The minimum atomic E-state index is 0.103. The van der Waals surface area contributed by atoms with Gasteiger partial charge in [-0.25, -0.2) is 4.98 Å². The van der Waals surface area contributed by atoms with Crippen LogP contribution in [-0.2, 0) is 13.0 Å². The second kappa shape index (κ2) is 5.44. The Hall–Kier alpha value is -1.24. The number of allylic oxidation sites excluding steroid dienone is 1. The molecule has 1 aliphatic rings. The van der Waals surface area contributed by atoms with Crippen LogP contribution in [0.15, 0.2) is 26.1 Å². The SMILES string of the molecule is CCc1cc2c(=O)n3c(nc2s1)/C(=C/c1csc(Br)c1)CC3. The van der Waals surface area contributed by atoms with E-state index in [1.54, 1.807) is 22.7 Å². The first-order valence-corrected chi connectivity index (χ1v) is 9.63. The molecule has 0 amide bonds. The summed E-state index contributed by atoms with van der Waals surface area (Å²) < 4.78 is 2.94. The lowest BCUT2D eigenvalue weighted by atomic mass is 10.1. The zero-order chi connectivity index (χ0) is 15.3. The fourth-order valence-corrected chi connectivity index (χ4v) is 4.86. The van der Waals surface area contributed by atoms with E-state index in [4.69, 9.17) is 4.98 Å². The predicted octanol–water partition coefficient (Wildman–Crippen LogP) is 4.79. The first kappa shape index (κ1) is 14.4. The maximum atomic E-state index is 12.6. The van der Waals surface area contributed by atoms with Crippen molar-refractivity contribution in [3.63, 3.8) is 0 Å². The zero-order valence-electron chi connectivity index (χ0n) is 11.9. The quantitative estimate of drug-likeness (QED) is 0.628. The van der Waals surface area contributed by atoms with Gasteiger partial charge in [0.15, 0.2) is 0 Å². The first-order chi connectivity index (χ1) is 10.7. The van der Waals surface area contributed by atoms with Crippen LogP contribution in [0.1, 0.15) is 29.6 Å². The van der Waals surface area contributed by atoms with Crippen molar-refractivity contribution in [1.29, 1.82) is 0 Å². The number of thiophene rings is 2. The molecule has 0 saturated carbocycles. The molecule has 0 aliphatic carbocycles. The fourth-order valence-electron chi connectivity index (χ4n) is 2.77. The molecule has 0 atom stereocenters. The molecule has 0 saturated heterocycles. The number of nitrogens with zero attached hydrogens (tertiary/aromatic N) is 2. The van der Waals surface area contributed by atoms with Crippen LogP contribution in [0.5, 0.6) is 0 Å². The summed E-state index contributed by atoms with van der Waals surface area (Å²) >= 11 is 6.79. The molecule has 4 heterocycles. The summed E-state index contributed by atoms with van der Waals surface area (Å²) in [6.45, 7) is 2.83. The summed E-state index contributed by atoms with van der Waals surface area (Å²) in [5, 5.41) is 2.88. The van der Waals surface area contributed by atoms with E-state index in [0.717, 1.165) is 50.4 Å². The Morgan fingerprint density at radius 3 is 3.05 bits per heavy atom. The maximum Gasteiger partial charge on any atom is 0.262 e. The van der Waals surface area contributed by atoms with Crippen molar-refractivity contribution in [2.45, 2.75) is 26.3 Å². The van der Waals surface area contributed by atoms with Crippen LogP contribution >= 0.6 is 38.6 Å². The van der Waals surface area contributed by atoms with Crippen molar-refractivity contribution >= 4 is 60.5 Å². The molecule has 0 radical (unpaired) electrons. The van der Waals surface area contributed by atoms with Gasteiger partial charge in [0.1, 0.15) is 10.7 Å². The minimum absolute atomic E-state index is 0.103. The monoisotopic (exact) mass is 392 g/mol. The van der Waals surface area contributed by atoms with Crippen molar-refractivity contribution in [3.05, 3.63) is 47.9 Å². The molecule has 3 nitrogen and oxygen atoms in total. The third-order valence-electron chi connectivity index (χ3n) is 3.87. The van der Waals surface area contributed by atoms with Crippen molar-refractivity contribution in [1.82, 2.24) is 9.55 Å². The molecular formula is C16H13BrN2OS2. The molecule has 3 aromatic rings. The summed E-state index contributed by atoms with van der Waals surface area (Å²) in [5.41, 5.74) is 2.41. The molecule has 6 heteroatoms. The molecule has 3 aromatic heterocycles. The maximum absolute atomic E-state index is 12.6. The van der Waals surface area contributed by atoms with Gasteiger partial charge >= 0.3 is 0 Å². The van der Waals surface area contributed by atoms with E-state index < -0.39 is 0 Å². The van der Waals surface area contributed by atoms with Crippen molar-refractivity contribution < 1.29 is 0 Å². The highest BCUT2D eigenvalue weighted by Crippen LogP contribution is 2.31. The second-order valence-electron chi connectivity index (χ2n) is 5.28. The Kier molecular flexibility index (Phi) is 3.55. The van der Waals surface area contributed by atoms with Crippen LogP contribution in [0.3, 0.4) is 0 Å². The van der Waals surface area contributed by atoms with Crippen molar-refractivity contribution in [2.24, 2.45) is 0 Å². The number of aromatic nitrogens is 2. The molecule has 1 aliphatic heterocycles. The Bertz CT molecular complexity index is 964. The highest BCUT2D eigenvalue weighted by molar-refractivity contribution is 9.11. The second-order valence-corrected chi connectivity index (χ2v) is 8.69. The molecule has 0 fully saturated rings. The summed E-state index contributed by atoms with van der Waals surface area (Å²) in [6.07, 6.45) is 3.96. The summed E-state index contributed by atoms with van der Waals surface area (Å²) in [7, 11) is 0. The van der Waals surface area contributed by atoms with Crippen LogP contribution in [0.2, 0.25) is 0 Å². The van der Waals surface area contributed by atoms with Crippen LogP contribution in [0.4, 0.5) is 0 Å². The molecule has 0 unspecified atom stereocenters. The number of hydrogen-bond acceptors (Lipinski definition) is 4. The van der Waals surface area contributed by atoms with Gasteiger partial charge in [0.05, 0.1) is 9.17 Å². The number of fused-ring (bicyclic) bond motifs is 2. The van der Waals surface area contributed by atoms with Gasteiger partial charge in [0.2, 0.25) is 0 Å². The lowest BCUT2D eigenvalue weighted by molar-refractivity contribution is 0.726. The standard InChI is InChI=1S/C16H13BrN2OS2/c1-2-11-7-12-15(22-11)18-14-10(3-4-19(14)16(12)20)5-9-6-13(17)21-8-9/h5-8H,2-4H2,1H3/b10-5+. The number of rotatable bonds is 2. The lowest BCUT2D eigenvalue weighted by Gasteiger charge is -2.02. The molecule has 0 N–H and O–H groups in total. The highest BCUT2D eigenvalue weighted by Gasteiger charge is 2.22. The van der Waals surface area contributed by atoms with Gasteiger partial charge in [0.25, 0.3) is 5.56 Å². The number of halogens is 1. The average Bonchev–Trinajstić information content (AvgIpc) is 3.19. The number of hydrogen-bond donors (Lipinski definition) is 0. The zero-order valence-corrected chi connectivity index (χ0v) is 15.1. The third kappa shape index (κ3) is 2.30. The molecule has 0 aromatic carbocycles. The Morgan fingerprint density at radius 2 is 2.32 bits per heavy atom. The van der Waals surface area contributed by atoms with E-state index in [9.17, 15) is 4.79 Å². The first-order valence-electron chi connectivity index (χ1n) is 7.14. The van der Waals surface area contributed by atoms with E-state index in [1.807, 2.05) is 10.6 Å². The minimum Gasteiger partial charge on any atom is -0.292 e. The van der Waals surface area contributed by atoms with Crippen LogP contribution in [0.25, 0.3) is 21.9 Å². The van der Waals surface area contributed by atoms with Crippen LogP contribution in [-0.4, -0.2) is 9.55 Å². The molecule has 0 bridgehead atoms. The Balaban J connectivity index is 1.89. The van der Waals surface area contributed by atoms with Gasteiger partial charge in [-0.1, -0.05) is 6.92 Å². The van der Waals surface area contributed by atoms with Gasteiger partial charge in [0, 0.05) is 11.4 Å². The van der Waals surface area contributed by atoms with Gasteiger partial charge in [-0.05, 0) is 63.5 Å². The van der Waals surface area contributed by atoms with E-state index >= 15 is 0 Å². The smallest absolute Gasteiger partial charge is 0.262 e. The van der Waals surface area contributed by atoms with E-state index in [-0.39, 0.29) is 5.56 Å². The summed E-state index contributed by atoms with van der Waals surface area (Å²) in [6, 6.07) is 4.09. The third-order valence-corrected chi connectivity index (χ3v) is 6.57. The summed E-state index contributed by atoms with van der Waals surface area (Å²) in [5.74, 6) is 0.837. The largest absolute Gasteiger partial charge is 0.292 e. The van der Waals surface area contributed by atoms with Gasteiger partial charge in [-0.3, -0.25) is 9.36 Å². The Labute approximate surface area is 144 Å². The molecule has 4 rings (SSSR count). The van der Waals surface area contributed by atoms with Crippen LogP contribution in [0, 0.1) is 0 Å². The summed E-state index contributed by atoms with van der Waals surface area (Å²) in [4.78, 5) is 19.5. The Morgan fingerprint density at radius 1 is 1.45 bits per heavy atom. The van der Waals surface area contributed by atoms with Crippen molar-refractivity contribution in [2.75, 3.05) is 0 Å². The normalized spacial score (nSPS) is 15.8. The topological polar surface area (TPSA) is 34.9 Å². The van der Waals surface area contributed by atoms with Gasteiger partial charge < -0.3 is 0 Å². The van der Waals surface area contributed by atoms with Crippen molar-refractivity contribution in [3.8, 4) is 0 Å². The van der Waals surface area contributed by atoms with Crippen LogP contribution < -0.4 is 5.56 Å². The van der Waals surface area contributed by atoms with E-state index in [1.165, 1.54) is 4.88 Å². The average molecular weight is 393 g/mol. The molecular weight excluding hydrogens is 380 g/mol. The number of aryl methyl sites for hydroxylation is 1. The molecule has 0 spiro atoms. The molecule has 22 heavy (non-hydrogen) atoms. The van der Waals surface area contributed by atoms with Gasteiger partial charge in [-0.2, -0.15) is 0 Å². The predicted molar refractivity (Wildman–Crippen MR) is 97.8 cm³/mol. The molecule has 112 valence electrons. The highest BCUT2D eigenvalue weighted by atomic mass is 79.9. The van der Waals surface area contributed by atoms with Gasteiger partial charge in [-0.15, -0.1) is 22.7 Å².